The van der Waals surface area contributed by atoms with E-state index in [9.17, 15) is 19.6 Å². The van der Waals surface area contributed by atoms with Crippen molar-refractivity contribution in [2.24, 2.45) is 5.92 Å². The third-order valence-electron chi connectivity index (χ3n) is 7.81. The lowest BCUT2D eigenvalue weighted by molar-refractivity contribution is -0.167. The molecule has 1 unspecified atom stereocenters. The Morgan fingerprint density at radius 3 is 2.64 bits per heavy atom. The van der Waals surface area contributed by atoms with E-state index in [1.165, 1.54) is 6.07 Å². The quantitative estimate of drug-likeness (QED) is 0.493. The number of aryl methyl sites for hydroxylation is 3. The van der Waals surface area contributed by atoms with Gasteiger partial charge in [0, 0.05) is 24.9 Å². The Labute approximate surface area is 212 Å². The van der Waals surface area contributed by atoms with Gasteiger partial charge in [0.15, 0.2) is 5.82 Å². The third kappa shape index (κ3) is 5.02. The van der Waals surface area contributed by atoms with Gasteiger partial charge in [-0.1, -0.05) is 25.0 Å². The van der Waals surface area contributed by atoms with E-state index in [-0.39, 0.29) is 30.1 Å². The molecule has 192 valence electrons. The summed E-state index contributed by atoms with van der Waals surface area (Å²) in [5.41, 5.74) is -0.389. The Bertz CT molecular complexity index is 1220. The summed E-state index contributed by atoms with van der Waals surface area (Å²) in [6.07, 6.45) is 5.34. The zero-order valence-corrected chi connectivity index (χ0v) is 21.6. The third-order valence-corrected chi connectivity index (χ3v) is 7.81. The molecule has 1 aromatic carbocycles. The first kappa shape index (κ1) is 25.9. The van der Waals surface area contributed by atoms with Crippen molar-refractivity contribution in [2.75, 3.05) is 0 Å². The number of halogens is 1. The molecule has 2 aliphatic rings. The van der Waals surface area contributed by atoms with Gasteiger partial charge in [0.1, 0.15) is 23.0 Å². The number of hydrogen-bond donors (Lipinski definition) is 1. The minimum atomic E-state index is -0.917. The fourth-order valence-corrected chi connectivity index (χ4v) is 5.64. The standard InChI is InChI=1S/C28H35FN4O3/c1-5-33-18(2)31-25(32-33)15-21-24(34)16-28(36-26(21)35,20-8-6-7-9-20)13-12-19-10-11-22(23(29)14-19)27(3,4)17-30/h10-11,14,20,34H,5-9,12-13,15-16H2,1-4H3. The first-order chi connectivity index (χ1) is 17.1. The van der Waals surface area contributed by atoms with Crippen LogP contribution in [0.3, 0.4) is 0 Å². The van der Waals surface area contributed by atoms with E-state index < -0.39 is 22.8 Å². The molecule has 1 aromatic heterocycles. The second kappa shape index (κ2) is 10.0. The number of ether oxygens (including phenoxy) is 1. The minimum absolute atomic E-state index is 0.0425. The second-order valence-corrected chi connectivity index (χ2v) is 10.7. The number of hydrogen-bond acceptors (Lipinski definition) is 6. The molecule has 7 nitrogen and oxygen atoms in total. The summed E-state index contributed by atoms with van der Waals surface area (Å²) in [5, 5.41) is 24.8. The van der Waals surface area contributed by atoms with Gasteiger partial charge in [0.25, 0.3) is 0 Å². The Morgan fingerprint density at radius 2 is 2.06 bits per heavy atom. The molecule has 4 rings (SSSR count). The number of rotatable bonds is 8. The highest BCUT2D eigenvalue weighted by atomic mass is 19.1. The van der Waals surface area contributed by atoms with E-state index in [2.05, 4.69) is 16.2 Å². The van der Waals surface area contributed by atoms with Crippen molar-refractivity contribution in [3.8, 4) is 6.07 Å². The fourth-order valence-electron chi connectivity index (χ4n) is 5.64. The molecular formula is C28H35FN4O3. The van der Waals surface area contributed by atoms with Crippen LogP contribution in [0.1, 0.15) is 82.1 Å². The van der Waals surface area contributed by atoms with Crippen molar-refractivity contribution in [2.45, 2.75) is 96.6 Å². The number of benzene rings is 1. The molecule has 36 heavy (non-hydrogen) atoms. The van der Waals surface area contributed by atoms with Gasteiger partial charge in [-0.25, -0.2) is 14.2 Å². The summed E-state index contributed by atoms with van der Waals surface area (Å²) in [6.45, 7) is 7.89. The van der Waals surface area contributed by atoms with Crippen molar-refractivity contribution in [1.29, 1.82) is 5.26 Å². The lowest BCUT2D eigenvalue weighted by Crippen LogP contribution is -2.46. The summed E-state index contributed by atoms with van der Waals surface area (Å²) >= 11 is 0. The number of aliphatic hydroxyl groups is 1. The summed E-state index contributed by atoms with van der Waals surface area (Å²) in [6, 6.07) is 7.12. The first-order valence-corrected chi connectivity index (χ1v) is 12.8. The molecule has 0 amide bonds. The van der Waals surface area contributed by atoms with Gasteiger partial charge in [0.2, 0.25) is 0 Å². The van der Waals surface area contributed by atoms with Gasteiger partial charge in [-0.15, -0.1) is 0 Å². The molecule has 2 aromatic rings. The number of esters is 1. The average Bonchev–Trinajstić information content (AvgIpc) is 3.50. The molecule has 2 heterocycles. The molecular weight excluding hydrogens is 459 g/mol. The number of carbonyl (C=O) groups excluding carboxylic acids is 1. The molecule has 1 saturated carbocycles. The predicted molar refractivity (Wildman–Crippen MR) is 133 cm³/mol. The van der Waals surface area contributed by atoms with Crippen molar-refractivity contribution in [1.82, 2.24) is 14.8 Å². The molecule has 1 fully saturated rings. The molecule has 1 aliphatic heterocycles. The van der Waals surface area contributed by atoms with E-state index in [0.717, 1.165) is 37.1 Å². The number of cyclic esters (lactones) is 1. The molecule has 1 atom stereocenters. The summed E-state index contributed by atoms with van der Waals surface area (Å²) < 4.78 is 22.8. The zero-order chi connectivity index (χ0) is 26.1. The number of carbonyl (C=O) groups is 1. The Morgan fingerprint density at radius 1 is 1.33 bits per heavy atom. The van der Waals surface area contributed by atoms with Gasteiger partial charge >= 0.3 is 5.97 Å². The van der Waals surface area contributed by atoms with Crippen LogP contribution in [0.5, 0.6) is 0 Å². The van der Waals surface area contributed by atoms with E-state index in [0.29, 0.717) is 30.8 Å². The number of nitrogens with zero attached hydrogens (tertiary/aromatic N) is 4. The van der Waals surface area contributed by atoms with Crippen molar-refractivity contribution in [3.63, 3.8) is 0 Å². The Hall–Kier alpha value is -3.21. The van der Waals surface area contributed by atoms with Crippen molar-refractivity contribution < 1.29 is 19.0 Å². The van der Waals surface area contributed by atoms with E-state index in [1.54, 1.807) is 24.6 Å². The normalized spacial score (nSPS) is 21.1. The van der Waals surface area contributed by atoms with Gasteiger partial charge < -0.3 is 9.84 Å². The van der Waals surface area contributed by atoms with Crippen LogP contribution in [-0.2, 0) is 34.3 Å². The maximum atomic E-state index is 14.8. The first-order valence-electron chi connectivity index (χ1n) is 12.8. The summed E-state index contributed by atoms with van der Waals surface area (Å²) in [7, 11) is 0. The average molecular weight is 495 g/mol. The van der Waals surface area contributed by atoms with Gasteiger partial charge in [-0.2, -0.15) is 10.4 Å². The predicted octanol–water partition coefficient (Wildman–Crippen LogP) is 5.41. The highest BCUT2D eigenvalue weighted by Gasteiger charge is 2.48. The van der Waals surface area contributed by atoms with E-state index in [4.69, 9.17) is 4.74 Å². The van der Waals surface area contributed by atoms with Gasteiger partial charge in [-0.05, 0) is 70.9 Å². The smallest absolute Gasteiger partial charge is 0.338 e. The molecule has 0 radical (unpaired) electrons. The van der Waals surface area contributed by atoms with Crippen LogP contribution in [0.25, 0.3) is 0 Å². The molecule has 1 N–H and O–H groups in total. The van der Waals surface area contributed by atoms with Gasteiger partial charge in [0.05, 0.1) is 17.1 Å². The summed E-state index contributed by atoms with van der Waals surface area (Å²) in [4.78, 5) is 17.6. The number of aliphatic hydroxyl groups excluding tert-OH is 1. The molecule has 1 aliphatic carbocycles. The van der Waals surface area contributed by atoms with Crippen LogP contribution in [0.2, 0.25) is 0 Å². The minimum Gasteiger partial charge on any atom is -0.512 e. The van der Waals surface area contributed by atoms with Crippen LogP contribution in [0.15, 0.2) is 29.5 Å². The number of aromatic nitrogens is 3. The molecule has 0 saturated heterocycles. The number of nitriles is 1. The largest absolute Gasteiger partial charge is 0.512 e. The highest BCUT2D eigenvalue weighted by molar-refractivity contribution is 5.90. The zero-order valence-electron chi connectivity index (χ0n) is 21.6. The van der Waals surface area contributed by atoms with Crippen molar-refractivity contribution in [3.05, 3.63) is 58.1 Å². The SMILES string of the molecule is CCn1nc(CC2=C(O)CC(CCc3ccc(C(C)(C)C#N)c(F)c3)(C3CCCC3)OC2=O)nc1C. The van der Waals surface area contributed by atoms with Gasteiger partial charge in [-0.3, -0.25) is 4.68 Å². The van der Waals surface area contributed by atoms with E-state index >= 15 is 0 Å². The maximum absolute atomic E-state index is 14.8. The lowest BCUT2D eigenvalue weighted by atomic mass is 9.76. The van der Waals surface area contributed by atoms with Crippen molar-refractivity contribution >= 4 is 5.97 Å². The Balaban J connectivity index is 1.57. The lowest BCUT2D eigenvalue weighted by Gasteiger charge is -2.41. The van der Waals surface area contributed by atoms with Crippen LogP contribution < -0.4 is 0 Å². The van der Waals surface area contributed by atoms with Crippen LogP contribution in [0, 0.1) is 30.0 Å². The van der Waals surface area contributed by atoms with Crippen LogP contribution in [0.4, 0.5) is 4.39 Å². The topological polar surface area (TPSA) is 101 Å². The van der Waals surface area contributed by atoms with Crippen LogP contribution in [-0.4, -0.2) is 31.4 Å². The van der Waals surface area contributed by atoms with Crippen LogP contribution >= 0.6 is 0 Å². The fraction of sp³-hybridized carbons (Fsp3) is 0.571. The highest BCUT2D eigenvalue weighted by Crippen LogP contribution is 2.46. The maximum Gasteiger partial charge on any atom is 0.338 e. The molecule has 0 spiro atoms. The Kier molecular flexibility index (Phi) is 7.21. The monoisotopic (exact) mass is 494 g/mol. The molecule has 0 bridgehead atoms. The second-order valence-electron chi connectivity index (χ2n) is 10.7. The summed E-state index contributed by atoms with van der Waals surface area (Å²) in [5.74, 6) is 0.500. The molecule has 8 heteroatoms. The van der Waals surface area contributed by atoms with E-state index in [1.807, 2.05) is 19.9 Å².